The van der Waals surface area contributed by atoms with Gasteiger partial charge < -0.3 is 10.1 Å². The van der Waals surface area contributed by atoms with Crippen LogP contribution in [0.3, 0.4) is 0 Å². The highest BCUT2D eigenvalue weighted by Gasteiger charge is 2.41. The number of ether oxygens (including phenoxy) is 1. The number of nitrogens with zero attached hydrogens (tertiary/aromatic N) is 1. The molecule has 1 aliphatic rings. The van der Waals surface area contributed by atoms with E-state index < -0.39 is 17.6 Å². The summed E-state index contributed by atoms with van der Waals surface area (Å²) in [5.74, 6) is -1.13. The number of benzene rings is 3. The first-order valence-electron chi connectivity index (χ1n) is 10.4. The minimum Gasteiger partial charge on any atom is -0.494 e. The number of carbonyl (C=O) groups is 2. The van der Waals surface area contributed by atoms with Crippen molar-refractivity contribution in [3.8, 4) is 5.75 Å². The summed E-state index contributed by atoms with van der Waals surface area (Å²) < 4.78 is 20.0. The number of hydrogen-bond acceptors (Lipinski definition) is 4. The third-order valence-corrected chi connectivity index (χ3v) is 5.41. The van der Waals surface area contributed by atoms with E-state index in [2.05, 4.69) is 5.32 Å². The molecule has 0 saturated heterocycles. The Bertz CT molecular complexity index is 1230. The second kappa shape index (κ2) is 8.67. The lowest BCUT2D eigenvalue weighted by molar-refractivity contribution is -0.120. The molecule has 6 heteroatoms. The van der Waals surface area contributed by atoms with Crippen molar-refractivity contribution in [3.05, 3.63) is 94.9 Å². The van der Waals surface area contributed by atoms with Crippen LogP contribution in [0.1, 0.15) is 23.6 Å². The molecular formula is C26H23FN2O3. The maximum atomic E-state index is 14.5. The van der Waals surface area contributed by atoms with E-state index in [0.717, 1.165) is 16.0 Å². The number of amides is 2. The summed E-state index contributed by atoms with van der Waals surface area (Å²) in [6, 6.07) is 18.4. The van der Waals surface area contributed by atoms with Crippen molar-refractivity contribution in [2.45, 2.75) is 20.8 Å². The molecular weight excluding hydrogens is 407 g/mol. The van der Waals surface area contributed by atoms with Crippen LogP contribution in [0.15, 0.2) is 72.4 Å². The molecule has 1 heterocycles. The van der Waals surface area contributed by atoms with E-state index in [4.69, 9.17) is 4.74 Å². The van der Waals surface area contributed by atoms with Crippen molar-refractivity contribution < 1.29 is 18.7 Å². The van der Waals surface area contributed by atoms with Crippen molar-refractivity contribution in [2.24, 2.45) is 0 Å². The van der Waals surface area contributed by atoms with E-state index in [0.29, 0.717) is 23.6 Å². The van der Waals surface area contributed by atoms with Crippen LogP contribution in [0.5, 0.6) is 5.75 Å². The first kappa shape index (κ1) is 21.3. The van der Waals surface area contributed by atoms with Gasteiger partial charge in [0.1, 0.15) is 17.3 Å². The Kier molecular flexibility index (Phi) is 5.77. The molecule has 0 radical (unpaired) electrons. The molecule has 0 bridgehead atoms. The number of hydrogen-bond donors (Lipinski definition) is 1. The lowest BCUT2D eigenvalue weighted by Crippen LogP contribution is -2.33. The van der Waals surface area contributed by atoms with Gasteiger partial charge >= 0.3 is 0 Å². The molecule has 3 aromatic rings. The molecule has 0 saturated carbocycles. The zero-order chi connectivity index (χ0) is 22.8. The molecule has 2 amide bonds. The third kappa shape index (κ3) is 3.87. The summed E-state index contributed by atoms with van der Waals surface area (Å²) in [5, 5.41) is 3.08. The van der Waals surface area contributed by atoms with Crippen LogP contribution in [0, 0.1) is 19.7 Å². The maximum Gasteiger partial charge on any atom is 0.282 e. The summed E-state index contributed by atoms with van der Waals surface area (Å²) >= 11 is 0. The van der Waals surface area contributed by atoms with Gasteiger partial charge in [-0.05, 0) is 73.9 Å². The number of aryl methyl sites for hydroxylation is 2. The van der Waals surface area contributed by atoms with Crippen LogP contribution in [-0.2, 0) is 9.59 Å². The van der Waals surface area contributed by atoms with E-state index in [1.807, 2.05) is 32.9 Å². The van der Waals surface area contributed by atoms with Crippen molar-refractivity contribution in [3.63, 3.8) is 0 Å². The number of nitrogens with one attached hydrogen (secondary N) is 1. The molecule has 4 rings (SSSR count). The Morgan fingerprint density at radius 3 is 2.28 bits per heavy atom. The molecule has 1 N–H and O–H groups in total. The monoisotopic (exact) mass is 430 g/mol. The normalized spacial score (nSPS) is 13.7. The lowest BCUT2D eigenvalue weighted by atomic mass is 9.99. The Morgan fingerprint density at radius 2 is 1.62 bits per heavy atom. The van der Waals surface area contributed by atoms with Crippen LogP contribution >= 0.6 is 0 Å². The van der Waals surface area contributed by atoms with Gasteiger partial charge in [0, 0.05) is 5.69 Å². The predicted octanol–water partition coefficient (Wildman–Crippen LogP) is 5.24. The maximum absolute atomic E-state index is 14.5. The minimum absolute atomic E-state index is 0.0765. The van der Waals surface area contributed by atoms with E-state index in [1.165, 1.54) is 18.2 Å². The van der Waals surface area contributed by atoms with Gasteiger partial charge in [-0.2, -0.15) is 0 Å². The number of para-hydroxylation sites is 1. The summed E-state index contributed by atoms with van der Waals surface area (Å²) in [6.07, 6.45) is 0. The quantitative estimate of drug-likeness (QED) is 0.544. The molecule has 0 unspecified atom stereocenters. The fourth-order valence-electron chi connectivity index (χ4n) is 3.61. The highest BCUT2D eigenvalue weighted by Crippen LogP contribution is 2.35. The van der Waals surface area contributed by atoms with Gasteiger partial charge in [-0.25, -0.2) is 9.29 Å². The van der Waals surface area contributed by atoms with Crippen molar-refractivity contribution >= 4 is 28.8 Å². The highest BCUT2D eigenvalue weighted by molar-refractivity contribution is 6.46. The molecule has 0 aromatic heterocycles. The smallest absolute Gasteiger partial charge is 0.282 e. The molecule has 162 valence electrons. The van der Waals surface area contributed by atoms with Crippen LogP contribution in [0.2, 0.25) is 0 Å². The van der Waals surface area contributed by atoms with Gasteiger partial charge in [0.15, 0.2) is 0 Å². The first-order chi connectivity index (χ1) is 15.4. The van der Waals surface area contributed by atoms with Gasteiger partial charge in [0.25, 0.3) is 11.8 Å². The van der Waals surface area contributed by atoms with E-state index in [-0.39, 0.29) is 17.0 Å². The molecule has 0 fully saturated rings. The molecule has 3 aromatic carbocycles. The summed E-state index contributed by atoms with van der Waals surface area (Å²) in [7, 11) is 0. The summed E-state index contributed by atoms with van der Waals surface area (Å²) in [5.41, 5.74) is 3.49. The molecule has 0 aliphatic carbocycles. The highest BCUT2D eigenvalue weighted by atomic mass is 19.1. The zero-order valence-corrected chi connectivity index (χ0v) is 18.1. The average molecular weight is 430 g/mol. The number of imide groups is 1. The van der Waals surface area contributed by atoms with Crippen LogP contribution in [0.4, 0.5) is 15.8 Å². The van der Waals surface area contributed by atoms with Crippen LogP contribution < -0.4 is 15.0 Å². The Balaban J connectivity index is 1.80. The minimum atomic E-state index is -0.643. The average Bonchev–Trinajstić information content (AvgIpc) is 3.02. The number of anilines is 2. The van der Waals surface area contributed by atoms with Gasteiger partial charge in [0.2, 0.25) is 0 Å². The number of rotatable bonds is 6. The fourth-order valence-corrected chi connectivity index (χ4v) is 3.61. The summed E-state index contributed by atoms with van der Waals surface area (Å²) in [6.45, 7) is 6.35. The Hall–Kier alpha value is -3.93. The zero-order valence-electron chi connectivity index (χ0n) is 18.1. The van der Waals surface area contributed by atoms with E-state index in [9.17, 15) is 14.0 Å². The largest absolute Gasteiger partial charge is 0.494 e. The first-order valence-corrected chi connectivity index (χ1v) is 10.4. The third-order valence-electron chi connectivity index (χ3n) is 5.41. The van der Waals surface area contributed by atoms with Crippen molar-refractivity contribution in [1.29, 1.82) is 0 Å². The van der Waals surface area contributed by atoms with Gasteiger partial charge in [-0.3, -0.25) is 9.59 Å². The lowest BCUT2D eigenvalue weighted by Gasteiger charge is -2.16. The van der Waals surface area contributed by atoms with E-state index >= 15 is 0 Å². The topological polar surface area (TPSA) is 58.6 Å². The molecule has 0 spiro atoms. The molecule has 32 heavy (non-hydrogen) atoms. The summed E-state index contributed by atoms with van der Waals surface area (Å²) in [4.78, 5) is 27.7. The van der Waals surface area contributed by atoms with Crippen LogP contribution in [-0.4, -0.2) is 18.4 Å². The van der Waals surface area contributed by atoms with Crippen molar-refractivity contribution in [1.82, 2.24) is 0 Å². The second-order valence-electron chi connectivity index (χ2n) is 7.53. The predicted molar refractivity (Wildman–Crippen MR) is 123 cm³/mol. The second-order valence-corrected chi connectivity index (χ2v) is 7.53. The number of carbonyl (C=O) groups excluding carboxylic acids is 2. The Labute approximate surface area is 186 Å². The Morgan fingerprint density at radius 1 is 0.906 bits per heavy atom. The molecule has 5 nitrogen and oxygen atoms in total. The van der Waals surface area contributed by atoms with Gasteiger partial charge in [-0.15, -0.1) is 0 Å². The molecule has 0 atom stereocenters. The fraction of sp³-hybridized carbons (Fsp3) is 0.154. The number of halogens is 1. The van der Waals surface area contributed by atoms with E-state index in [1.54, 1.807) is 36.4 Å². The van der Waals surface area contributed by atoms with Gasteiger partial charge in [-0.1, -0.05) is 30.3 Å². The van der Waals surface area contributed by atoms with Gasteiger partial charge in [0.05, 0.1) is 17.9 Å². The van der Waals surface area contributed by atoms with Crippen molar-refractivity contribution in [2.75, 3.05) is 16.8 Å². The molecule has 1 aliphatic heterocycles. The standard InChI is InChI=1S/C26H23FN2O3/c1-4-32-20-13-11-19(12-14-20)28-24-23(18-10-9-16(2)17(3)15-18)25(30)29(26(24)31)22-8-6-5-7-21(22)27/h5-15,28H,4H2,1-3H3. The SMILES string of the molecule is CCOc1ccc(NC2=C(c3ccc(C)c(C)c3)C(=O)N(c3ccccc3F)C2=O)cc1. The van der Waals surface area contributed by atoms with Crippen LogP contribution in [0.25, 0.3) is 5.57 Å².